The first kappa shape index (κ1) is 15.9. The van der Waals surface area contributed by atoms with Crippen LogP contribution in [0.5, 0.6) is 0 Å². The smallest absolute Gasteiger partial charge is 0.305 e. The molecule has 7 nitrogen and oxygen atoms in total. The van der Waals surface area contributed by atoms with Crippen molar-refractivity contribution in [1.82, 2.24) is 9.97 Å². The summed E-state index contributed by atoms with van der Waals surface area (Å²) in [6, 6.07) is 7.55. The van der Waals surface area contributed by atoms with E-state index in [1.807, 2.05) is 24.3 Å². The first-order valence-electron chi connectivity index (χ1n) is 7.68. The van der Waals surface area contributed by atoms with Crippen LogP contribution >= 0.6 is 0 Å². The highest BCUT2D eigenvalue weighted by atomic mass is 16.5. The highest BCUT2D eigenvalue weighted by molar-refractivity contribution is 6.01. The number of esters is 1. The van der Waals surface area contributed by atoms with Gasteiger partial charge in [0.1, 0.15) is 0 Å². The van der Waals surface area contributed by atoms with E-state index in [4.69, 9.17) is 5.73 Å². The van der Waals surface area contributed by atoms with E-state index in [1.54, 1.807) is 11.1 Å². The quantitative estimate of drug-likeness (QED) is 0.856. The van der Waals surface area contributed by atoms with Crippen molar-refractivity contribution in [1.29, 1.82) is 0 Å². The summed E-state index contributed by atoms with van der Waals surface area (Å²) in [7, 11) is 1.36. The van der Waals surface area contributed by atoms with Crippen LogP contribution in [0, 0.1) is 0 Å². The number of amides is 1. The summed E-state index contributed by atoms with van der Waals surface area (Å²) < 4.78 is 4.65. The standard InChI is InChI=1S/C17H18N4O3/c1-24-15(23)7-4-8-21-13-6-3-2-5-12(13)16-11(9-14(21)22)10-19-17(18)20-16/h2-3,5-6,10H,4,7-9H2,1H3,(H2,18,19,20). The number of fused-ring (bicyclic) bond motifs is 3. The molecule has 1 aliphatic heterocycles. The Morgan fingerprint density at radius 3 is 2.96 bits per heavy atom. The van der Waals surface area contributed by atoms with Crippen LogP contribution in [0.2, 0.25) is 0 Å². The molecule has 0 bridgehead atoms. The largest absolute Gasteiger partial charge is 0.469 e. The van der Waals surface area contributed by atoms with Crippen LogP contribution in [-0.4, -0.2) is 35.5 Å². The number of aromatic nitrogens is 2. The fourth-order valence-corrected chi connectivity index (χ4v) is 2.81. The average molecular weight is 326 g/mol. The van der Waals surface area contributed by atoms with Crippen molar-refractivity contribution >= 4 is 23.5 Å². The van der Waals surface area contributed by atoms with Gasteiger partial charge >= 0.3 is 5.97 Å². The van der Waals surface area contributed by atoms with Gasteiger partial charge in [-0.05, 0) is 12.5 Å². The molecule has 0 spiro atoms. The van der Waals surface area contributed by atoms with Crippen molar-refractivity contribution in [3.05, 3.63) is 36.0 Å². The molecule has 7 heteroatoms. The molecule has 0 unspecified atom stereocenters. The van der Waals surface area contributed by atoms with Crippen molar-refractivity contribution in [3.63, 3.8) is 0 Å². The fraction of sp³-hybridized carbons (Fsp3) is 0.294. The number of anilines is 2. The lowest BCUT2D eigenvalue weighted by molar-refractivity contribution is -0.140. The Bertz CT molecular complexity index is 791. The third-order valence-electron chi connectivity index (χ3n) is 3.97. The number of nitrogen functional groups attached to an aromatic ring is 1. The summed E-state index contributed by atoms with van der Waals surface area (Å²) in [6.45, 7) is 0.432. The minimum absolute atomic E-state index is 0.0561. The second-order valence-corrected chi connectivity index (χ2v) is 5.52. The summed E-state index contributed by atoms with van der Waals surface area (Å²) >= 11 is 0. The maximum Gasteiger partial charge on any atom is 0.305 e. The van der Waals surface area contributed by atoms with Gasteiger partial charge in [-0.1, -0.05) is 18.2 Å². The van der Waals surface area contributed by atoms with Crippen LogP contribution in [0.1, 0.15) is 18.4 Å². The molecule has 124 valence electrons. The molecular weight excluding hydrogens is 308 g/mol. The van der Waals surface area contributed by atoms with E-state index in [1.165, 1.54) is 7.11 Å². The molecule has 1 aliphatic rings. The van der Waals surface area contributed by atoms with E-state index < -0.39 is 0 Å². The zero-order valence-corrected chi connectivity index (χ0v) is 13.4. The molecule has 1 amide bonds. The van der Waals surface area contributed by atoms with Gasteiger partial charge in [0, 0.05) is 30.3 Å². The number of carbonyl (C=O) groups is 2. The lowest BCUT2D eigenvalue weighted by atomic mass is 10.1. The van der Waals surface area contributed by atoms with Gasteiger partial charge in [-0.2, -0.15) is 0 Å². The Balaban J connectivity index is 1.96. The second-order valence-electron chi connectivity index (χ2n) is 5.52. The number of carbonyl (C=O) groups excluding carboxylic acids is 2. The Labute approximate surface area is 139 Å². The van der Waals surface area contributed by atoms with Gasteiger partial charge in [-0.3, -0.25) is 9.59 Å². The Kier molecular flexibility index (Phi) is 4.41. The number of hydrogen-bond acceptors (Lipinski definition) is 6. The van der Waals surface area contributed by atoms with Crippen LogP contribution in [0.25, 0.3) is 11.3 Å². The molecule has 2 N–H and O–H groups in total. The maximum absolute atomic E-state index is 12.7. The number of hydrogen-bond donors (Lipinski definition) is 1. The fourth-order valence-electron chi connectivity index (χ4n) is 2.81. The first-order valence-corrected chi connectivity index (χ1v) is 7.68. The maximum atomic E-state index is 12.7. The Morgan fingerprint density at radius 1 is 1.38 bits per heavy atom. The SMILES string of the molecule is COC(=O)CCCN1C(=O)Cc2cnc(N)nc2-c2ccccc21. The van der Waals surface area contributed by atoms with Gasteiger partial charge < -0.3 is 15.4 Å². The molecule has 0 atom stereocenters. The van der Waals surface area contributed by atoms with Gasteiger partial charge in [-0.25, -0.2) is 9.97 Å². The zero-order valence-electron chi connectivity index (χ0n) is 13.4. The highest BCUT2D eigenvalue weighted by Gasteiger charge is 2.26. The molecule has 0 saturated heterocycles. The predicted octanol–water partition coefficient (Wildman–Crippen LogP) is 1.57. The van der Waals surface area contributed by atoms with E-state index in [0.717, 1.165) is 16.8 Å². The lowest BCUT2D eigenvalue weighted by Gasteiger charge is -2.22. The van der Waals surface area contributed by atoms with Gasteiger partial charge in [0.15, 0.2) is 0 Å². The van der Waals surface area contributed by atoms with E-state index in [0.29, 0.717) is 18.7 Å². The summed E-state index contributed by atoms with van der Waals surface area (Å²) in [5, 5.41) is 0. The summed E-state index contributed by atoms with van der Waals surface area (Å²) in [5.41, 5.74) is 8.75. The second kappa shape index (κ2) is 6.66. The van der Waals surface area contributed by atoms with Crippen LogP contribution < -0.4 is 10.6 Å². The Morgan fingerprint density at radius 2 is 2.17 bits per heavy atom. The lowest BCUT2D eigenvalue weighted by Crippen LogP contribution is -2.32. The summed E-state index contributed by atoms with van der Waals surface area (Å²) in [5.74, 6) is -0.165. The van der Waals surface area contributed by atoms with E-state index in [-0.39, 0.29) is 30.7 Å². The van der Waals surface area contributed by atoms with E-state index in [9.17, 15) is 9.59 Å². The molecule has 0 aliphatic carbocycles. The minimum Gasteiger partial charge on any atom is -0.469 e. The number of ether oxygens (including phenoxy) is 1. The molecule has 3 rings (SSSR count). The number of methoxy groups -OCH3 is 1. The Hall–Kier alpha value is -2.96. The normalized spacial score (nSPS) is 13.0. The highest BCUT2D eigenvalue weighted by Crippen LogP contribution is 2.35. The number of nitrogens with zero attached hydrogens (tertiary/aromatic N) is 3. The van der Waals surface area contributed by atoms with Crippen molar-refractivity contribution in [2.75, 3.05) is 24.3 Å². The number of nitrogens with two attached hydrogens (primary N) is 1. The summed E-state index contributed by atoms with van der Waals surface area (Å²) in [6.07, 6.45) is 2.59. The average Bonchev–Trinajstić information content (AvgIpc) is 2.70. The zero-order chi connectivity index (χ0) is 17.1. The molecule has 24 heavy (non-hydrogen) atoms. The number of rotatable bonds is 4. The molecule has 0 fully saturated rings. The van der Waals surface area contributed by atoms with Crippen LogP contribution in [-0.2, 0) is 20.7 Å². The third kappa shape index (κ3) is 3.05. The third-order valence-corrected chi connectivity index (χ3v) is 3.97. The van der Waals surface area contributed by atoms with Crippen LogP contribution in [0.15, 0.2) is 30.5 Å². The van der Waals surface area contributed by atoms with Crippen LogP contribution in [0.3, 0.4) is 0 Å². The van der Waals surface area contributed by atoms with Crippen molar-refractivity contribution in [2.45, 2.75) is 19.3 Å². The number of benzene rings is 1. The first-order chi connectivity index (χ1) is 11.6. The molecule has 2 aromatic rings. The summed E-state index contributed by atoms with van der Waals surface area (Å²) in [4.78, 5) is 34.0. The molecule has 1 aromatic carbocycles. The molecular formula is C17H18N4O3. The van der Waals surface area contributed by atoms with Gasteiger partial charge in [-0.15, -0.1) is 0 Å². The minimum atomic E-state index is -0.285. The monoisotopic (exact) mass is 326 g/mol. The van der Waals surface area contributed by atoms with Gasteiger partial charge in [0.05, 0.1) is 24.9 Å². The topological polar surface area (TPSA) is 98.4 Å². The van der Waals surface area contributed by atoms with E-state index >= 15 is 0 Å². The molecule has 2 heterocycles. The van der Waals surface area contributed by atoms with Crippen LogP contribution in [0.4, 0.5) is 11.6 Å². The van der Waals surface area contributed by atoms with Crippen molar-refractivity contribution in [3.8, 4) is 11.3 Å². The predicted molar refractivity (Wildman–Crippen MR) is 89.2 cm³/mol. The van der Waals surface area contributed by atoms with E-state index in [2.05, 4.69) is 14.7 Å². The van der Waals surface area contributed by atoms with Crippen molar-refractivity contribution < 1.29 is 14.3 Å². The van der Waals surface area contributed by atoms with Crippen molar-refractivity contribution in [2.24, 2.45) is 0 Å². The van der Waals surface area contributed by atoms with Gasteiger partial charge in [0.2, 0.25) is 11.9 Å². The molecule has 0 saturated carbocycles. The van der Waals surface area contributed by atoms with Gasteiger partial charge in [0.25, 0.3) is 0 Å². The molecule has 0 radical (unpaired) electrons. The molecule has 1 aromatic heterocycles. The number of para-hydroxylation sites is 1.